The Hall–Kier alpha value is -1.28. The summed E-state index contributed by atoms with van der Waals surface area (Å²) < 4.78 is 5.30. The number of hydrogen-bond donors (Lipinski definition) is 0. The van der Waals surface area contributed by atoms with Gasteiger partial charge in [0.1, 0.15) is 5.76 Å². The lowest BCUT2D eigenvalue weighted by atomic mass is 9.99. The molecule has 2 unspecified atom stereocenters. The molecule has 2 aromatic rings. The third-order valence-corrected chi connectivity index (χ3v) is 3.54. The van der Waals surface area contributed by atoms with Crippen LogP contribution in [-0.2, 0) is 6.42 Å². The van der Waals surface area contributed by atoms with E-state index in [0.29, 0.717) is 0 Å². The molecule has 0 N–H and O–H groups in total. The van der Waals surface area contributed by atoms with Crippen molar-refractivity contribution >= 4 is 11.6 Å². The van der Waals surface area contributed by atoms with Crippen LogP contribution in [0.3, 0.4) is 0 Å². The number of pyridine rings is 1. The van der Waals surface area contributed by atoms with Crippen molar-refractivity contribution in [2.75, 3.05) is 0 Å². The normalized spacial score (nSPS) is 14.5. The third-order valence-electron chi connectivity index (χ3n) is 2.94. The van der Waals surface area contributed by atoms with Gasteiger partial charge in [0.2, 0.25) is 0 Å². The van der Waals surface area contributed by atoms with Gasteiger partial charge in [-0.2, -0.15) is 0 Å². The van der Waals surface area contributed by atoms with E-state index in [2.05, 4.69) is 11.9 Å². The highest BCUT2D eigenvalue weighted by Crippen LogP contribution is 2.25. The van der Waals surface area contributed by atoms with E-state index in [1.165, 1.54) is 0 Å². The molecule has 0 aliphatic carbocycles. The van der Waals surface area contributed by atoms with Gasteiger partial charge in [0.05, 0.1) is 6.26 Å². The molecule has 2 aromatic heterocycles. The molecular weight excluding hydrogens is 234 g/mol. The van der Waals surface area contributed by atoms with Crippen LogP contribution in [-0.4, -0.2) is 10.4 Å². The number of furan rings is 1. The molecule has 0 amide bonds. The SMILES string of the molecule is CC(c1ccccn1)C(Cl)CCc1ccco1. The van der Waals surface area contributed by atoms with Gasteiger partial charge in [0.25, 0.3) is 0 Å². The van der Waals surface area contributed by atoms with Crippen molar-refractivity contribution in [3.8, 4) is 0 Å². The molecule has 2 atom stereocenters. The van der Waals surface area contributed by atoms with Crippen molar-refractivity contribution in [2.45, 2.75) is 31.1 Å². The Morgan fingerprint density at radius 3 is 2.82 bits per heavy atom. The van der Waals surface area contributed by atoms with Crippen LogP contribution in [0.5, 0.6) is 0 Å². The monoisotopic (exact) mass is 249 g/mol. The van der Waals surface area contributed by atoms with E-state index in [9.17, 15) is 0 Å². The van der Waals surface area contributed by atoms with E-state index in [1.54, 1.807) is 6.26 Å². The van der Waals surface area contributed by atoms with Gasteiger partial charge >= 0.3 is 0 Å². The molecule has 90 valence electrons. The largest absolute Gasteiger partial charge is 0.469 e. The van der Waals surface area contributed by atoms with Gasteiger partial charge in [-0.05, 0) is 30.7 Å². The molecule has 0 saturated carbocycles. The maximum absolute atomic E-state index is 6.40. The molecule has 0 spiro atoms. The van der Waals surface area contributed by atoms with Crippen LogP contribution in [0.4, 0.5) is 0 Å². The Bertz CT molecular complexity index is 427. The average Bonchev–Trinajstić information content (AvgIpc) is 2.89. The summed E-state index contributed by atoms with van der Waals surface area (Å²) in [4.78, 5) is 4.34. The predicted molar refractivity (Wildman–Crippen MR) is 69.3 cm³/mol. The minimum Gasteiger partial charge on any atom is -0.469 e. The molecule has 0 aliphatic rings. The van der Waals surface area contributed by atoms with E-state index < -0.39 is 0 Å². The molecule has 3 heteroatoms. The second-order valence-electron chi connectivity index (χ2n) is 4.18. The Balaban J connectivity index is 1.89. The Labute approximate surface area is 107 Å². The van der Waals surface area contributed by atoms with Crippen LogP contribution in [0.1, 0.15) is 30.7 Å². The first-order valence-electron chi connectivity index (χ1n) is 5.85. The fourth-order valence-electron chi connectivity index (χ4n) is 1.82. The van der Waals surface area contributed by atoms with Gasteiger partial charge in [0.15, 0.2) is 0 Å². The molecule has 0 radical (unpaired) electrons. The van der Waals surface area contributed by atoms with Crippen molar-refractivity contribution in [3.05, 3.63) is 54.2 Å². The molecule has 2 nitrogen and oxygen atoms in total. The number of aromatic nitrogens is 1. The van der Waals surface area contributed by atoms with E-state index >= 15 is 0 Å². The first-order valence-corrected chi connectivity index (χ1v) is 6.28. The minimum absolute atomic E-state index is 0.0787. The van der Waals surface area contributed by atoms with Gasteiger partial charge in [-0.15, -0.1) is 11.6 Å². The first kappa shape index (κ1) is 12.2. The van der Waals surface area contributed by atoms with Crippen LogP contribution < -0.4 is 0 Å². The van der Waals surface area contributed by atoms with Gasteiger partial charge in [-0.3, -0.25) is 4.98 Å². The van der Waals surface area contributed by atoms with Crippen molar-refractivity contribution in [1.29, 1.82) is 0 Å². The summed E-state index contributed by atoms with van der Waals surface area (Å²) in [5.41, 5.74) is 1.05. The lowest BCUT2D eigenvalue weighted by Gasteiger charge is -2.16. The molecule has 0 aliphatic heterocycles. The fraction of sp³-hybridized carbons (Fsp3) is 0.357. The Morgan fingerprint density at radius 2 is 2.18 bits per heavy atom. The fourth-order valence-corrected chi connectivity index (χ4v) is 2.05. The van der Waals surface area contributed by atoms with Crippen molar-refractivity contribution in [2.24, 2.45) is 0 Å². The first-order chi connectivity index (χ1) is 8.27. The van der Waals surface area contributed by atoms with Crippen LogP contribution in [0, 0.1) is 0 Å². The van der Waals surface area contributed by atoms with E-state index in [-0.39, 0.29) is 11.3 Å². The van der Waals surface area contributed by atoms with Crippen LogP contribution in [0.15, 0.2) is 47.2 Å². The number of alkyl halides is 1. The third kappa shape index (κ3) is 3.34. The van der Waals surface area contributed by atoms with E-state index in [4.69, 9.17) is 16.0 Å². The number of aryl methyl sites for hydroxylation is 1. The summed E-state index contributed by atoms with van der Waals surface area (Å²) in [6.45, 7) is 2.11. The molecule has 2 rings (SSSR count). The van der Waals surface area contributed by atoms with Crippen molar-refractivity contribution in [3.63, 3.8) is 0 Å². The molecular formula is C14H16ClNO. The average molecular weight is 250 g/mol. The highest BCUT2D eigenvalue weighted by atomic mass is 35.5. The second kappa shape index (κ2) is 5.87. The molecule has 2 heterocycles. The van der Waals surface area contributed by atoms with Gasteiger partial charge in [-0.1, -0.05) is 13.0 Å². The summed E-state index contributed by atoms with van der Waals surface area (Å²) in [7, 11) is 0. The zero-order chi connectivity index (χ0) is 12.1. The van der Waals surface area contributed by atoms with Gasteiger partial charge in [-0.25, -0.2) is 0 Å². The quantitative estimate of drug-likeness (QED) is 0.748. The molecule has 0 aromatic carbocycles. The lowest BCUT2D eigenvalue weighted by Crippen LogP contribution is -2.12. The summed E-state index contributed by atoms with van der Waals surface area (Å²) in [5, 5.41) is 0.0787. The molecule has 17 heavy (non-hydrogen) atoms. The Morgan fingerprint density at radius 1 is 1.29 bits per heavy atom. The topological polar surface area (TPSA) is 26.0 Å². The van der Waals surface area contributed by atoms with Crippen molar-refractivity contribution in [1.82, 2.24) is 4.98 Å². The summed E-state index contributed by atoms with van der Waals surface area (Å²) in [5.74, 6) is 1.25. The summed E-state index contributed by atoms with van der Waals surface area (Å²) >= 11 is 6.40. The number of halogens is 1. The van der Waals surface area contributed by atoms with Gasteiger partial charge < -0.3 is 4.42 Å². The lowest BCUT2D eigenvalue weighted by molar-refractivity contribution is 0.491. The zero-order valence-electron chi connectivity index (χ0n) is 9.84. The van der Waals surface area contributed by atoms with Gasteiger partial charge in [0, 0.05) is 29.6 Å². The Kier molecular flexibility index (Phi) is 4.21. The number of hydrogen-bond acceptors (Lipinski definition) is 2. The second-order valence-corrected chi connectivity index (χ2v) is 4.74. The highest BCUT2D eigenvalue weighted by Gasteiger charge is 2.17. The van der Waals surface area contributed by atoms with Crippen LogP contribution >= 0.6 is 11.6 Å². The van der Waals surface area contributed by atoms with Crippen LogP contribution in [0.2, 0.25) is 0 Å². The summed E-state index contributed by atoms with van der Waals surface area (Å²) in [6, 6.07) is 9.82. The summed E-state index contributed by atoms with van der Waals surface area (Å²) in [6.07, 6.45) is 5.27. The number of nitrogens with zero attached hydrogens (tertiary/aromatic N) is 1. The van der Waals surface area contributed by atoms with E-state index in [0.717, 1.165) is 24.3 Å². The molecule has 0 fully saturated rings. The maximum Gasteiger partial charge on any atom is 0.103 e. The van der Waals surface area contributed by atoms with Crippen molar-refractivity contribution < 1.29 is 4.42 Å². The smallest absolute Gasteiger partial charge is 0.103 e. The maximum atomic E-state index is 6.40. The zero-order valence-corrected chi connectivity index (χ0v) is 10.6. The van der Waals surface area contributed by atoms with E-state index in [1.807, 2.05) is 36.5 Å². The minimum atomic E-state index is 0.0787. The molecule has 0 saturated heterocycles. The van der Waals surface area contributed by atoms with Crippen LogP contribution in [0.25, 0.3) is 0 Å². The predicted octanol–water partition coefficient (Wildman–Crippen LogP) is 4.02. The standard InChI is InChI=1S/C14H16ClNO/c1-11(14-6-2-3-9-16-14)13(15)8-7-12-5-4-10-17-12/h2-6,9-11,13H,7-8H2,1H3. The number of rotatable bonds is 5. The highest BCUT2D eigenvalue weighted by molar-refractivity contribution is 6.21. The molecule has 0 bridgehead atoms.